The van der Waals surface area contributed by atoms with E-state index >= 15 is 0 Å². The lowest BCUT2D eigenvalue weighted by Gasteiger charge is -2.57. The van der Waals surface area contributed by atoms with Crippen LogP contribution in [0.3, 0.4) is 0 Å². The van der Waals surface area contributed by atoms with Crippen molar-refractivity contribution in [1.29, 1.82) is 0 Å². The fourth-order valence-corrected chi connectivity index (χ4v) is 3.52. The second kappa shape index (κ2) is 10.1. The molecule has 0 radical (unpaired) electrons. The maximum absolute atomic E-state index is 12.4. The smallest absolute Gasteiger partial charge is 0.240 e. The van der Waals surface area contributed by atoms with Crippen molar-refractivity contribution in [2.24, 2.45) is 17.1 Å². The van der Waals surface area contributed by atoms with E-state index in [2.05, 4.69) is 5.32 Å². The first kappa shape index (κ1) is 22.6. The summed E-state index contributed by atoms with van der Waals surface area (Å²) in [6.07, 6.45) is 3.62. The monoisotopic (exact) mass is 378 g/mol. The number of amides is 1. The lowest BCUT2D eigenvalue weighted by molar-refractivity contribution is -0.170. The van der Waals surface area contributed by atoms with Crippen LogP contribution in [0.15, 0.2) is 0 Å². The van der Waals surface area contributed by atoms with Gasteiger partial charge in [0, 0.05) is 51.4 Å². The zero-order valence-corrected chi connectivity index (χ0v) is 16.7. The molecule has 2 fully saturated rings. The van der Waals surface area contributed by atoms with Gasteiger partial charge in [-0.1, -0.05) is 13.8 Å². The van der Waals surface area contributed by atoms with Crippen LogP contribution in [0.5, 0.6) is 0 Å². The molecule has 2 aliphatic rings. The largest absolute Gasteiger partial charge is 0.381 e. The Balaban J connectivity index is 0.00000312. The Morgan fingerprint density at radius 3 is 2.60 bits per heavy atom. The predicted molar refractivity (Wildman–Crippen MR) is 100.0 cm³/mol. The summed E-state index contributed by atoms with van der Waals surface area (Å²) in [5, 5.41) is 2.96. The highest BCUT2D eigenvalue weighted by molar-refractivity contribution is 5.88. The molecule has 0 spiro atoms. The van der Waals surface area contributed by atoms with Crippen molar-refractivity contribution in [3.05, 3.63) is 0 Å². The van der Waals surface area contributed by atoms with Crippen LogP contribution >= 0.6 is 12.4 Å². The Bertz CT molecular complexity index is 416. The van der Waals surface area contributed by atoms with E-state index < -0.39 is 5.54 Å². The van der Waals surface area contributed by atoms with Gasteiger partial charge in [0.15, 0.2) is 0 Å². The summed E-state index contributed by atoms with van der Waals surface area (Å²) in [6, 6.07) is 0. The van der Waals surface area contributed by atoms with Crippen LogP contribution in [0, 0.1) is 11.3 Å². The average Bonchev–Trinajstić information content (AvgIpc) is 2.58. The summed E-state index contributed by atoms with van der Waals surface area (Å²) in [7, 11) is 0. The first-order valence-corrected chi connectivity index (χ1v) is 9.26. The number of nitrogens with two attached hydrogens (primary N) is 1. The summed E-state index contributed by atoms with van der Waals surface area (Å²) in [5.41, 5.74) is 5.17. The Morgan fingerprint density at radius 1 is 1.32 bits per heavy atom. The molecule has 1 saturated carbocycles. The summed E-state index contributed by atoms with van der Waals surface area (Å²) < 4.78 is 16.7. The van der Waals surface area contributed by atoms with Crippen LogP contribution in [-0.4, -0.2) is 57.1 Å². The molecule has 6 nitrogen and oxygen atoms in total. The van der Waals surface area contributed by atoms with Gasteiger partial charge in [0.2, 0.25) is 5.91 Å². The Kier molecular flexibility index (Phi) is 9.12. The first-order chi connectivity index (χ1) is 11.4. The highest BCUT2D eigenvalue weighted by Crippen LogP contribution is 2.49. The van der Waals surface area contributed by atoms with E-state index in [4.69, 9.17) is 19.9 Å². The van der Waals surface area contributed by atoms with Gasteiger partial charge in [0.05, 0.1) is 6.10 Å². The summed E-state index contributed by atoms with van der Waals surface area (Å²) in [6.45, 7) is 10.4. The molecule has 25 heavy (non-hydrogen) atoms. The van der Waals surface area contributed by atoms with Crippen molar-refractivity contribution >= 4 is 18.3 Å². The number of hydrogen-bond donors (Lipinski definition) is 2. The molecule has 2 rings (SSSR count). The maximum Gasteiger partial charge on any atom is 0.240 e. The Hall–Kier alpha value is -0.400. The predicted octanol–water partition coefficient (Wildman–Crippen LogP) is 1.89. The van der Waals surface area contributed by atoms with Gasteiger partial charge in [0.1, 0.15) is 5.54 Å². The van der Waals surface area contributed by atoms with Gasteiger partial charge in [-0.25, -0.2) is 0 Å². The lowest BCUT2D eigenvalue weighted by atomic mass is 9.54. The minimum atomic E-state index is -0.838. The van der Waals surface area contributed by atoms with Crippen LogP contribution in [0.1, 0.15) is 46.5 Å². The number of carbonyl (C=O) groups is 1. The van der Waals surface area contributed by atoms with Gasteiger partial charge in [-0.05, 0) is 32.1 Å². The van der Waals surface area contributed by atoms with Crippen LogP contribution in [0.25, 0.3) is 0 Å². The zero-order chi connectivity index (χ0) is 17.6. The van der Waals surface area contributed by atoms with E-state index in [-0.39, 0.29) is 29.8 Å². The third kappa shape index (κ3) is 5.30. The van der Waals surface area contributed by atoms with Crippen molar-refractivity contribution in [2.75, 3.05) is 39.6 Å². The summed E-state index contributed by atoms with van der Waals surface area (Å²) >= 11 is 0. The fraction of sp³-hybridized carbons (Fsp3) is 0.944. The van der Waals surface area contributed by atoms with Crippen molar-refractivity contribution in [1.82, 2.24) is 5.32 Å². The number of nitrogens with one attached hydrogen (secondary N) is 1. The number of carbonyl (C=O) groups excluding carboxylic acids is 1. The van der Waals surface area contributed by atoms with Crippen molar-refractivity contribution in [3.63, 3.8) is 0 Å². The third-order valence-corrected chi connectivity index (χ3v) is 5.68. The topological polar surface area (TPSA) is 82.8 Å². The second-order valence-corrected chi connectivity index (χ2v) is 7.58. The molecule has 148 valence electrons. The normalized spacial score (nSPS) is 28.7. The van der Waals surface area contributed by atoms with Crippen LogP contribution in [-0.2, 0) is 19.0 Å². The molecule has 2 atom stereocenters. The van der Waals surface area contributed by atoms with E-state index in [1.54, 1.807) is 0 Å². The molecule has 0 aromatic heterocycles. The molecule has 1 aliphatic heterocycles. The number of halogens is 1. The Labute approximate surface area is 157 Å². The maximum atomic E-state index is 12.4. The van der Waals surface area contributed by atoms with Gasteiger partial charge in [-0.2, -0.15) is 0 Å². The molecule has 0 aromatic rings. The van der Waals surface area contributed by atoms with Gasteiger partial charge < -0.3 is 25.3 Å². The van der Waals surface area contributed by atoms with Gasteiger partial charge >= 0.3 is 0 Å². The molecule has 3 N–H and O–H groups in total. The van der Waals surface area contributed by atoms with E-state index in [9.17, 15) is 4.79 Å². The number of ether oxygens (including phenoxy) is 3. The SMILES string of the molecule is CCOC1CC(N)(C(=O)NCCCOCC2CCOCC2)C1(C)C.Cl. The highest BCUT2D eigenvalue weighted by atomic mass is 35.5. The van der Waals surface area contributed by atoms with Crippen molar-refractivity contribution in [2.45, 2.75) is 58.1 Å². The van der Waals surface area contributed by atoms with E-state index in [1.807, 2.05) is 20.8 Å². The van der Waals surface area contributed by atoms with Gasteiger partial charge in [0.25, 0.3) is 0 Å². The van der Waals surface area contributed by atoms with Crippen molar-refractivity contribution < 1.29 is 19.0 Å². The first-order valence-electron chi connectivity index (χ1n) is 9.26. The molecule has 0 bridgehead atoms. The quantitative estimate of drug-likeness (QED) is 0.598. The number of rotatable bonds is 9. The molecule has 2 unspecified atom stereocenters. The van der Waals surface area contributed by atoms with Crippen LogP contribution in [0.2, 0.25) is 0 Å². The van der Waals surface area contributed by atoms with E-state index in [1.165, 1.54) is 0 Å². The second-order valence-electron chi connectivity index (χ2n) is 7.58. The fourth-order valence-electron chi connectivity index (χ4n) is 3.52. The highest BCUT2D eigenvalue weighted by Gasteiger charge is 2.62. The molecule has 0 aromatic carbocycles. The van der Waals surface area contributed by atoms with E-state index in [0.29, 0.717) is 32.1 Å². The average molecular weight is 379 g/mol. The van der Waals surface area contributed by atoms with Gasteiger partial charge in [-0.3, -0.25) is 4.79 Å². The summed E-state index contributed by atoms with van der Waals surface area (Å²) in [5.74, 6) is 0.541. The molecular formula is C18H35ClN2O4. The molecule has 1 saturated heterocycles. The zero-order valence-electron chi connectivity index (χ0n) is 15.8. The Morgan fingerprint density at radius 2 is 2.00 bits per heavy atom. The standard InChI is InChI=1S/C18H34N2O4.ClH/c1-4-24-15-12-18(19,17(15,2)3)16(21)20-8-5-9-23-13-14-6-10-22-11-7-14;/h14-15H,4-13,19H2,1-3H3,(H,20,21);1H. The minimum Gasteiger partial charge on any atom is -0.381 e. The third-order valence-electron chi connectivity index (χ3n) is 5.68. The molecule has 1 heterocycles. The number of hydrogen-bond acceptors (Lipinski definition) is 5. The molecule has 7 heteroatoms. The van der Waals surface area contributed by atoms with E-state index in [0.717, 1.165) is 39.1 Å². The minimum absolute atomic E-state index is 0. The lowest BCUT2D eigenvalue weighted by Crippen LogP contribution is -2.75. The van der Waals surface area contributed by atoms with Crippen molar-refractivity contribution in [3.8, 4) is 0 Å². The summed E-state index contributed by atoms with van der Waals surface area (Å²) in [4.78, 5) is 12.4. The molecule has 1 aliphatic carbocycles. The van der Waals surface area contributed by atoms with Gasteiger partial charge in [-0.15, -0.1) is 12.4 Å². The van der Waals surface area contributed by atoms with Crippen LogP contribution < -0.4 is 11.1 Å². The molecular weight excluding hydrogens is 344 g/mol. The molecule has 1 amide bonds. The van der Waals surface area contributed by atoms with Crippen LogP contribution in [0.4, 0.5) is 0 Å².